The van der Waals surface area contributed by atoms with Crippen molar-refractivity contribution < 1.29 is 9.90 Å². The number of hydrogen-bond acceptors (Lipinski definition) is 6. The molecule has 0 aliphatic carbocycles. The van der Waals surface area contributed by atoms with Gasteiger partial charge in [0.1, 0.15) is 0 Å². The van der Waals surface area contributed by atoms with Crippen molar-refractivity contribution in [3.63, 3.8) is 0 Å². The van der Waals surface area contributed by atoms with Gasteiger partial charge in [-0.2, -0.15) is 0 Å². The fraction of sp³-hybridized carbons (Fsp3) is 0.273. The highest BCUT2D eigenvalue weighted by molar-refractivity contribution is 7.09. The third-order valence-electron chi connectivity index (χ3n) is 2.45. The highest BCUT2D eigenvalue weighted by Crippen LogP contribution is 2.16. The Bertz CT molecular complexity index is 552. The molecule has 18 heavy (non-hydrogen) atoms. The molecule has 2 aromatic rings. The average Bonchev–Trinajstić information content (AvgIpc) is 2.75. The molecule has 7 heteroatoms. The van der Waals surface area contributed by atoms with Gasteiger partial charge >= 0.3 is 5.97 Å². The number of thiazole rings is 1. The van der Waals surface area contributed by atoms with E-state index in [0.29, 0.717) is 12.5 Å². The first-order valence-corrected chi connectivity index (χ1v) is 6.11. The maximum Gasteiger partial charge on any atom is 0.338 e. The molecular formula is C11H12N4O2S. The van der Waals surface area contributed by atoms with Gasteiger partial charge in [-0.1, -0.05) is 0 Å². The van der Waals surface area contributed by atoms with E-state index in [1.165, 1.54) is 12.4 Å². The predicted octanol–water partition coefficient (Wildman–Crippen LogP) is 1.58. The molecule has 1 N–H and O–H groups in total. The molecule has 0 aliphatic rings. The Balaban J connectivity index is 2.12. The van der Waals surface area contributed by atoms with Gasteiger partial charge in [-0.15, -0.1) is 11.3 Å². The number of aromatic carboxylic acids is 1. The van der Waals surface area contributed by atoms with E-state index < -0.39 is 5.97 Å². The van der Waals surface area contributed by atoms with Gasteiger partial charge < -0.3 is 10.0 Å². The van der Waals surface area contributed by atoms with Gasteiger partial charge in [0.2, 0.25) is 5.95 Å². The second-order valence-corrected chi connectivity index (χ2v) is 4.73. The Labute approximate surface area is 108 Å². The second kappa shape index (κ2) is 5.09. The Kier molecular flexibility index (Phi) is 3.52. The van der Waals surface area contributed by atoms with Crippen molar-refractivity contribution in [1.82, 2.24) is 15.0 Å². The lowest BCUT2D eigenvalue weighted by Gasteiger charge is -2.15. The average molecular weight is 264 g/mol. The van der Waals surface area contributed by atoms with Crippen molar-refractivity contribution in [2.45, 2.75) is 13.5 Å². The van der Waals surface area contributed by atoms with Crippen molar-refractivity contribution in [3.8, 4) is 0 Å². The minimum absolute atomic E-state index is 0.0844. The van der Waals surface area contributed by atoms with Crippen LogP contribution in [0.2, 0.25) is 0 Å². The Morgan fingerprint density at radius 1 is 1.39 bits per heavy atom. The molecule has 0 amide bonds. The van der Waals surface area contributed by atoms with Crippen LogP contribution >= 0.6 is 11.3 Å². The Morgan fingerprint density at radius 3 is 2.56 bits per heavy atom. The van der Waals surface area contributed by atoms with Crippen LogP contribution in [0.15, 0.2) is 17.9 Å². The maximum atomic E-state index is 10.7. The molecule has 2 heterocycles. The van der Waals surface area contributed by atoms with E-state index in [9.17, 15) is 4.79 Å². The third-order valence-corrected chi connectivity index (χ3v) is 3.37. The molecule has 0 saturated heterocycles. The quantitative estimate of drug-likeness (QED) is 0.903. The molecule has 0 aliphatic heterocycles. The zero-order valence-corrected chi connectivity index (χ0v) is 10.8. The van der Waals surface area contributed by atoms with Crippen LogP contribution in [0.4, 0.5) is 5.95 Å². The summed E-state index contributed by atoms with van der Waals surface area (Å²) in [6, 6.07) is 0. The van der Waals surface area contributed by atoms with Gasteiger partial charge in [-0.25, -0.2) is 19.7 Å². The molecule has 0 saturated carbocycles. The number of nitrogens with zero attached hydrogens (tertiary/aromatic N) is 4. The summed E-state index contributed by atoms with van der Waals surface area (Å²) >= 11 is 1.58. The first kappa shape index (κ1) is 12.4. The molecule has 6 nitrogen and oxygen atoms in total. The lowest BCUT2D eigenvalue weighted by molar-refractivity contribution is 0.0696. The lowest BCUT2D eigenvalue weighted by atomic mass is 10.3. The number of carboxylic acids is 1. The van der Waals surface area contributed by atoms with Crippen LogP contribution in [0, 0.1) is 6.92 Å². The number of carboxylic acid groups (broad SMARTS) is 1. The van der Waals surface area contributed by atoms with Crippen LogP contribution in [-0.4, -0.2) is 33.1 Å². The molecule has 2 rings (SSSR count). The van der Waals surface area contributed by atoms with Crippen molar-refractivity contribution >= 4 is 23.3 Å². The van der Waals surface area contributed by atoms with Crippen molar-refractivity contribution in [3.05, 3.63) is 34.0 Å². The topological polar surface area (TPSA) is 79.2 Å². The molecule has 0 atom stereocenters. The number of carbonyl (C=O) groups is 1. The van der Waals surface area contributed by atoms with Crippen LogP contribution in [-0.2, 0) is 6.54 Å². The van der Waals surface area contributed by atoms with Crippen LogP contribution < -0.4 is 4.90 Å². The molecular weight excluding hydrogens is 252 g/mol. The number of aromatic nitrogens is 3. The summed E-state index contributed by atoms with van der Waals surface area (Å²) in [7, 11) is 1.86. The van der Waals surface area contributed by atoms with Gasteiger partial charge in [0.05, 0.1) is 23.3 Å². The highest BCUT2D eigenvalue weighted by Gasteiger charge is 2.10. The van der Waals surface area contributed by atoms with E-state index in [1.54, 1.807) is 16.8 Å². The van der Waals surface area contributed by atoms with Gasteiger partial charge in [0.25, 0.3) is 0 Å². The van der Waals surface area contributed by atoms with Crippen LogP contribution in [0.3, 0.4) is 0 Å². The first-order chi connectivity index (χ1) is 8.58. The lowest BCUT2D eigenvalue weighted by Crippen LogP contribution is -2.19. The maximum absolute atomic E-state index is 10.7. The summed E-state index contributed by atoms with van der Waals surface area (Å²) in [5, 5.41) is 8.76. The highest BCUT2D eigenvalue weighted by atomic mass is 32.1. The Hall–Kier alpha value is -2.02. The summed E-state index contributed by atoms with van der Waals surface area (Å²) in [6.07, 6.45) is 2.61. The normalized spacial score (nSPS) is 10.3. The molecule has 0 radical (unpaired) electrons. The fourth-order valence-electron chi connectivity index (χ4n) is 1.39. The molecule has 2 aromatic heterocycles. The molecule has 0 unspecified atom stereocenters. The molecule has 0 bridgehead atoms. The minimum Gasteiger partial charge on any atom is -0.478 e. The number of rotatable bonds is 4. The van der Waals surface area contributed by atoms with Crippen LogP contribution in [0.1, 0.15) is 20.9 Å². The van der Waals surface area contributed by atoms with E-state index in [1.807, 2.05) is 18.9 Å². The van der Waals surface area contributed by atoms with E-state index in [4.69, 9.17) is 5.11 Å². The van der Waals surface area contributed by atoms with Gasteiger partial charge in [-0.05, 0) is 6.92 Å². The van der Waals surface area contributed by atoms with Crippen molar-refractivity contribution in [2.24, 2.45) is 0 Å². The summed E-state index contributed by atoms with van der Waals surface area (Å²) in [6.45, 7) is 2.61. The molecule has 94 valence electrons. The van der Waals surface area contributed by atoms with Gasteiger partial charge in [0.15, 0.2) is 0 Å². The monoisotopic (exact) mass is 264 g/mol. The van der Waals surface area contributed by atoms with Gasteiger partial charge in [0, 0.05) is 24.3 Å². The molecule has 0 spiro atoms. The SMILES string of the molecule is Cc1ncsc1CN(C)c1ncc(C(=O)O)cn1. The second-order valence-electron chi connectivity index (χ2n) is 3.79. The molecule has 0 aromatic carbocycles. The minimum atomic E-state index is -1.03. The van der Waals surface area contributed by atoms with Crippen LogP contribution in [0.5, 0.6) is 0 Å². The zero-order valence-electron chi connectivity index (χ0n) is 9.99. The van der Waals surface area contributed by atoms with E-state index >= 15 is 0 Å². The number of aryl methyl sites for hydroxylation is 1. The van der Waals surface area contributed by atoms with E-state index in [-0.39, 0.29) is 5.56 Å². The van der Waals surface area contributed by atoms with E-state index in [0.717, 1.165) is 10.6 Å². The summed E-state index contributed by atoms with van der Waals surface area (Å²) in [4.78, 5) is 25.9. The predicted molar refractivity (Wildman–Crippen MR) is 67.9 cm³/mol. The zero-order chi connectivity index (χ0) is 13.1. The summed E-state index contributed by atoms with van der Waals surface area (Å²) in [5.74, 6) is -0.532. The number of anilines is 1. The smallest absolute Gasteiger partial charge is 0.338 e. The van der Waals surface area contributed by atoms with Gasteiger partial charge in [-0.3, -0.25) is 0 Å². The fourth-order valence-corrected chi connectivity index (χ4v) is 2.22. The first-order valence-electron chi connectivity index (χ1n) is 5.23. The Morgan fingerprint density at radius 2 is 2.06 bits per heavy atom. The van der Waals surface area contributed by atoms with Crippen molar-refractivity contribution in [1.29, 1.82) is 0 Å². The van der Waals surface area contributed by atoms with Crippen LogP contribution in [0.25, 0.3) is 0 Å². The molecule has 0 fully saturated rings. The largest absolute Gasteiger partial charge is 0.478 e. The summed E-state index contributed by atoms with van der Waals surface area (Å²) < 4.78 is 0. The summed E-state index contributed by atoms with van der Waals surface area (Å²) in [5.41, 5.74) is 2.88. The third kappa shape index (κ3) is 2.62. The standard InChI is InChI=1S/C11H12N4O2S/c1-7-9(18-6-14-7)5-15(2)11-12-3-8(4-13-11)10(16)17/h3-4,6H,5H2,1-2H3,(H,16,17). The van der Waals surface area contributed by atoms with E-state index in [2.05, 4.69) is 15.0 Å². The van der Waals surface area contributed by atoms with Crippen molar-refractivity contribution in [2.75, 3.05) is 11.9 Å². The number of hydrogen-bond donors (Lipinski definition) is 1.